The fourth-order valence-corrected chi connectivity index (χ4v) is 7.65. The summed E-state index contributed by atoms with van der Waals surface area (Å²) in [5.41, 5.74) is 2.60. The number of terminal acetylenes is 1. The zero-order valence-corrected chi connectivity index (χ0v) is 38.2. The zero-order valence-electron chi connectivity index (χ0n) is 35.9. The molecule has 3 aliphatic carbocycles. The number of carbonyl (C=O) groups is 3. The maximum absolute atomic E-state index is 11.7. The van der Waals surface area contributed by atoms with E-state index in [0.717, 1.165) is 99.6 Å². The average Bonchev–Trinajstić information content (AvgIpc) is 4.18. The minimum Gasteiger partial charge on any atom is -0.459 e. The van der Waals surface area contributed by atoms with Crippen LogP contribution in [0.15, 0.2) is 104 Å². The van der Waals surface area contributed by atoms with Crippen LogP contribution in [0.4, 0.5) is 0 Å². The number of ether oxygens (including phenoxy) is 3. The van der Waals surface area contributed by atoms with Crippen LogP contribution in [0.3, 0.4) is 0 Å². The van der Waals surface area contributed by atoms with Gasteiger partial charge in [0, 0.05) is 62.2 Å². The van der Waals surface area contributed by atoms with E-state index in [9.17, 15) is 14.4 Å². The van der Waals surface area contributed by atoms with E-state index in [4.69, 9.17) is 55.4 Å². The number of nitrogens with zero attached hydrogens (tertiary/aromatic N) is 8. The minimum atomic E-state index is -0.521. The van der Waals surface area contributed by atoms with E-state index in [-0.39, 0.29) is 30.3 Å². The quantitative estimate of drug-likeness (QED) is 0.0452. The van der Waals surface area contributed by atoms with Crippen molar-refractivity contribution < 1.29 is 28.6 Å². The summed E-state index contributed by atoms with van der Waals surface area (Å²) in [6.07, 6.45) is 28.1. The highest BCUT2D eigenvalue weighted by Crippen LogP contribution is 2.24. The van der Waals surface area contributed by atoms with Gasteiger partial charge in [0.15, 0.2) is 17.5 Å². The van der Waals surface area contributed by atoms with Gasteiger partial charge in [0.1, 0.15) is 37.3 Å². The molecule has 0 unspecified atom stereocenters. The van der Waals surface area contributed by atoms with Crippen LogP contribution in [-0.2, 0) is 28.6 Å². The molecule has 3 aliphatic rings. The molecule has 3 saturated carbocycles. The van der Waals surface area contributed by atoms with Gasteiger partial charge in [0.25, 0.3) is 0 Å². The van der Waals surface area contributed by atoms with Crippen molar-refractivity contribution in [2.75, 3.05) is 0 Å². The van der Waals surface area contributed by atoms with E-state index in [1.165, 1.54) is 40.5 Å². The number of benzene rings is 3. The number of nitrogens with one attached hydrogen (secondary N) is 1. The molecule has 18 heteroatoms. The van der Waals surface area contributed by atoms with Gasteiger partial charge in [-0.05, 0) is 113 Å². The van der Waals surface area contributed by atoms with Crippen LogP contribution in [0, 0.1) is 12.3 Å². The molecule has 0 radical (unpaired) electrons. The third-order valence-corrected chi connectivity index (χ3v) is 11.0. The molecular weight excluding hydrogens is 905 g/mol. The Bertz CT molecular complexity index is 2470. The van der Waals surface area contributed by atoms with Gasteiger partial charge >= 0.3 is 17.9 Å². The van der Waals surface area contributed by atoms with Crippen LogP contribution in [0.5, 0.6) is 0 Å². The third kappa shape index (κ3) is 16.4. The van der Waals surface area contributed by atoms with Crippen LogP contribution in [0.25, 0.3) is 46.6 Å². The van der Waals surface area contributed by atoms with Crippen molar-refractivity contribution in [1.82, 2.24) is 44.7 Å². The van der Waals surface area contributed by atoms with Crippen molar-refractivity contribution in [2.24, 2.45) is 0 Å². The van der Waals surface area contributed by atoms with Gasteiger partial charge in [-0.1, -0.05) is 71.2 Å². The SMILES string of the molecule is C#CC(=O)OC1CCCC1.Clc1cccc(-c2ncn[nH]2)c1.O=C(/C=C/n1cnc(-c2cccc(Cl)c2)n1)OC1CCCC1.O=C(/C=C\n1cnc(-c2cccc(Cl)c2)n1)OC1CCCC1. The Kier molecular flexibility index (Phi) is 19.1. The molecule has 0 amide bonds. The second-order valence-corrected chi connectivity index (χ2v) is 16.5. The molecule has 0 saturated heterocycles. The van der Waals surface area contributed by atoms with E-state index in [1.54, 1.807) is 36.7 Å². The summed E-state index contributed by atoms with van der Waals surface area (Å²) in [5.74, 6) is 2.57. The molecule has 0 aliphatic heterocycles. The Morgan fingerprint density at radius 2 is 1.02 bits per heavy atom. The second-order valence-electron chi connectivity index (χ2n) is 15.2. The van der Waals surface area contributed by atoms with Crippen molar-refractivity contribution >= 4 is 65.1 Å². The Hall–Kier alpha value is -6.60. The Morgan fingerprint density at radius 1 is 0.606 bits per heavy atom. The lowest BCUT2D eigenvalue weighted by Gasteiger charge is -2.08. The minimum absolute atomic E-state index is 0.0647. The van der Waals surface area contributed by atoms with E-state index in [2.05, 4.69) is 35.3 Å². The van der Waals surface area contributed by atoms with E-state index < -0.39 is 5.97 Å². The predicted octanol–water partition coefficient (Wildman–Crippen LogP) is 10.3. The lowest BCUT2D eigenvalue weighted by Crippen LogP contribution is -2.12. The zero-order chi connectivity index (χ0) is 46.5. The van der Waals surface area contributed by atoms with Crippen molar-refractivity contribution in [3.05, 3.63) is 119 Å². The monoisotopic (exact) mass is 951 g/mol. The molecule has 0 atom stereocenters. The number of halogens is 3. The summed E-state index contributed by atoms with van der Waals surface area (Å²) in [6.45, 7) is 0. The first kappa shape index (κ1) is 48.8. The smallest absolute Gasteiger partial charge is 0.384 e. The second kappa shape index (κ2) is 25.8. The van der Waals surface area contributed by atoms with Gasteiger partial charge in [0.05, 0.1) is 0 Å². The molecule has 3 aromatic heterocycles. The highest BCUT2D eigenvalue weighted by molar-refractivity contribution is 6.31. The van der Waals surface area contributed by atoms with Crippen molar-refractivity contribution in [3.8, 4) is 46.5 Å². The number of aromatic amines is 1. The van der Waals surface area contributed by atoms with Gasteiger partial charge in [-0.15, -0.1) is 16.6 Å². The number of esters is 3. The lowest BCUT2D eigenvalue weighted by atomic mass is 10.2. The molecule has 3 aromatic carbocycles. The molecule has 6 aromatic rings. The van der Waals surface area contributed by atoms with E-state index in [0.29, 0.717) is 26.7 Å². The van der Waals surface area contributed by atoms with Gasteiger partial charge in [-0.2, -0.15) is 5.10 Å². The van der Waals surface area contributed by atoms with Crippen molar-refractivity contribution in [1.29, 1.82) is 0 Å². The van der Waals surface area contributed by atoms with Crippen LogP contribution < -0.4 is 0 Å². The molecule has 0 bridgehead atoms. The normalized spacial score (nSPS) is 14.9. The molecule has 9 rings (SSSR count). The number of hydrogen-bond donors (Lipinski definition) is 1. The number of aromatic nitrogens is 9. The summed E-state index contributed by atoms with van der Waals surface area (Å²) in [5, 5.41) is 17.0. The van der Waals surface area contributed by atoms with Crippen LogP contribution in [0.2, 0.25) is 15.1 Å². The Labute approximate surface area is 397 Å². The van der Waals surface area contributed by atoms with Gasteiger partial charge in [0.2, 0.25) is 0 Å². The van der Waals surface area contributed by atoms with Gasteiger partial charge < -0.3 is 14.2 Å². The highest BCUT2D eigenvalue weighted by Gasteiger charge is 2.20. The predicted molar refractivity (Wildman–Crippen MR) is 252 cm³/mol. The summed E-state index contributed by atoms with van der Waals surface area (Å²) >= 11 is 17.7. The summed E-state index contributed by atoms with van der Waals surface area (Å²) < 4.78 is 18.5. The molecule has 0 spiro atoms. The first-order valence-electron chi connectivity index (χ1n) is 21.5. The summed E-state index contributed by atoms with van der Waals surface area (Å²) in [4.78, 5) is 46.3. The van der Waals surface area contributed by atoms with Crippen molar-refractivity contribution in [2.45, 2.75) is 95.4 Å². The fourth-order valence-electron chi connectivity index (χ4n) is 7.08. The van der Waals surface area contributed by atoms with Crippen LogP contribution in [-0.4, -0.2) is 80.9 Å². The average molecular weight is 953 g/mol. The van der Waals surface area contributed by atoms with Crippen molar-refractivity contribution in [3.63, 3.8) is 0 Å². The Morgan fingerprint density at radius 3 is 1.41 bits per heavy atom. The van der Waals surface area contributed by atoms with Crippen LogP contribution >= 0.6 is 34.8 Å². The molecule has 66 heavy (non-hydrogen) atoms. The molecule has 342 valence electrons. The van der Waals surface area contributed by atoms with E-state index >= 15 is 0 Å². The molecule has 3 heterocycles. The lowest BCUT2D eigenvalue weighted by molar-refractivity contribution is -0.143. The number of rotatable bonds is 10. The van der Waals surface area contributed by atoms with E-state index in [1.807, 2.05) is 54.5 Å². The molecule has 1 N–H and O–H groups in total. The topological polar surface area (TPSA) is 182 Å². The first-order chi connectivity index (χ1) is 32.1. The molecule has 3 fully saturated rings. The number of hydrogen-bond acceptors (Lipinski definition) is 12. The first-order valence-corrected chi connectivity index (χ1v) is 22.6. The fraction of sp³-hybridized carbons (Fsp3) is 0.312. The number of carbonyl (C=O) groups excluding carboxylic acids is 3. The molecular formula is C48H48Cl3N9O6. The van der Waals surface area contributed by atoms with Gasteiger partial charge in [-0.3, -0.25) is 5.10 Å². The maximum Gasteiger partial charge on any atom is 0.384 e. The summed E-state index contributed by atoms with van der Waals surface area (Å²) in [6, 6.07) is 22.1. The number of H-pyrrole nitrogens is 1. The van der Waals surface area contributed by atoms with Crippen LogP contribution in [0.1, 0.15) is 77.0 Å². The third-order valence-electron chi connectivity index (χ3n) is 10.3. The summed E-state index contributed by atoms with van der Waals surface area (Å²) in [7, 11) is 0. The Balaban J connectivity index is 0.000000153. The van der Waals surface area contributed by atoms with Gasteiger partial charge in [-0.25, -0.2) is 38.7 Å². The highest BCUT2D eigenvalue weighted by atomic mass is 35.5. The standard InChI is InChI=1S/2C16H16ClN3O2.C8H6ClN3.C8H10O2/c2*17-13-5-3-4-12(10-13)16-18-11-20(19-16)9-8-15(21)22-14-6-1-2-7-14;9-7-3-1-2-6(4-7)8-10-5-11-12-8;1-2-8(9)10-7-5-3-4-6-7/h2*3-5,8-11,14H,1-2,6-7H2;1-5H,(H,10,11,12);1,7H,3-6H2/b9-8+;9-8-;;. The maximum atomic E-state index is 11.7. The largest absolute Gasteiger partial charge is 0.459 e. The molecule has 15 nitrogen and oxygen atoms in total.